The third-order valence-electron chi connectivity index (χ3n) is 3.41. The predicted molar refractivity (Wildman–Crippen MR) is 89.7 cm³/mol. The summed E-state index contributed by atoms with van der Waals surface area (Å²) in [5.41, 5.74) is 5.05. The van der Waals surface area contributed by atoms with Crippen LogP contribution in [0.5, 0.6) is 0 Å². The van der Waals surface area contributed by atoms with Crippen molar-refractivity contribution in [2.24, 2.45) is 11.1 Å². The Kier molecular flexibility index (Phi) is 4.32. The minimum absolute atomic E-state index is 0.161. The smallest absolute Gasteiger partial charge is 0.241 e. The van der Waals surface area contributed by atoms with Crippen molar-refractivity contribution in [3.05, 3.63) is 42.5 Å². The summed E-state index contributed by atoms with van der Waals surface area (Å²) in [4.78, 5) is 0.544. The first-order chi connectivity index (χ1) is 9.74. The van der Waals surface area contributed by atoms with E-state index in [0.717, 1.165) is 5.39 Å². The molecule has 2 aromatic carbocycles. The maximum absolute atomic E-state index is 12.5. The molecule has 0 aliphatic rings. The Bertz CT molecular complexity index is 778. The summed E-state index contributed by atoms with van der Waals surface area (Å²) in [6.45, 7) is 3.77. The van der Waals surface area contributed by atoms with Crippen LogP contribution in [0.4, 0.5) is 0 Å². The van der Waals surface area contributed by atoms with Crippen molar-refractivity contribution in [1.82, 2.24) is 4.72 Å². The molecule has 2 aromatic rings. The molecule has 3 N–H and O–H groups in total. The summed E-state index contributed by atoms with van der Waals surface area (Å²) in [5, 5.41) is 1.58. The fourth-order valence-corrected chi connectivity index (χ4v) is 3.38. The molecular formula is C15H18N2O2S2. The third kappa shape index (κ3) is 3.40. The summed E-state index contributed by atoms with van der Waals surface area (Å²) in [6.07, 6.45) is 0. The average Bonchev–Trinajstić information content (AvgIpc) is 2.44. The lowest BCUT2D eigenvalue weighted by Crippen LogP contribution is -2.41. The summed E-state index contributed by atoms with van der Waals surface area (Å²) in [5.74, 6) is 0. The first-order valence-corrected chi connectivity index (χ1v) is 8.40. The van der Waals surface area contributed by atoms with E-state index in [1.54, 1.807) is 32.0 Å². The molecule has 0 unspecified atom stereocenters. The van der Waals surface area contributed by atoms with Crippen molar-refractivity contribution in [2.75, 3.05) is 6.54 Å². The van der Waals surface area contributed by atoms with Gasteiger partial charge in [-0.1, -0.05) is 62.5 Å². The van der Waals surface area contributed by atoms with Gasteiger partial charge in [0.25, 0.3) is 0 Å². The standard InChI is InChI=1S/C15H18N2O2S2/c1-15(2,14(16)20)10-17-21(18,19)13-9-5-7-11-6-3-4-8-12(11)13/h3-9,17H,10H2,1-2H3,(H2,16,20). The minimum Gasteiger partial charge on any atom is -0.393 e. The van der Waals surface area contributed by atoms with Crippen molar-refractivity contribution >= 4 is 38.0 Å². The van der Waals surface area contributed by atoms with Crippen LogP contribution in [-0.4, -0.2) is 20.0 Å². The monoisotopic (exact) mass is 322 g/mol. The Morgan fingerprint density at radius 1 is 1.19 bits per heavy atom. The van der Waals surface area contributed by atoms with Crippen LogP contribution in [0.1, 0.15) is 13.8 Å². The Morgan fingerprint density at radius 3 is 2.48 bits per heavy atom. The molecule has 0 saturated heterocycles. The van der Waals surface area contributed by atoms with Crippen molar-refractivity contribution in [3.8, 4) is 0 Å². The van der Waals surface area contributed by atoms with Crippen molar-refractivity contribution in [1.29, 1.82) is 0 Å². The molecule has 112 valence electrons. The van der Waals surface area contributed by atoms with Gasteiger partial charge in [0.2, 0.25) is 10.0 Å². The van der Waals surface area contributed by atoms with Crippen LogP contribution in [0.25, 0.3) is 10.8 Å². The van der Waals surface area contributed by atoms with E-state index in [2.05, 4.69) is 4.72 Å². The second-order valence-corrected chi connectivity index (χ2v) is 7.73. The summed E-state index contributed by atoms with van der Waals surface area (Å²) >= 11 is 4.96. The van der Waals surface area contributed by atoms with E-state index < -0.39 is 15.4 Å². The molecular weight excluding hydrogens is 304 g/mol. The largest absolute Gasteiger partial charge is 0.393 e. The van der Waals surface area contributed by atoms with Gasteiger partial charge in [0, 0.05) is 17.3 Å². The summed E-state index contributed by atoms with van der Waals surface area (Å²) in [6, 6.07) is 12.6. The summed E-state index contributed by atoms with van der Waals surface area (Å²) in [7, 11) is -3.62. The normalized spacial score (nSPS) is 12.5. The SMILES string of the molecule is CC(C)(CNS(=O)(=O)c1cccc2ccccc12)C(N)=S. The van der Waals surface area contributed by atoms with E-state index in [1.165, 1.54) is 0 Å². The second-order valence-electron chi connectivity index (χ2n) is 5.55. The molecule has 0 spiro atoms. The molecule has 0 atom stereocenters. The molecule has 0 bridgehead atoms. The van der Waals surface area contributed by atoms with Gasteiger partial charge < -0.3 is 5.73 Å². The van der Waals surface area contributed by atoms with Gasteiger partial charge in [0.05, 0.1) is 9.88 Å². The fraction of sp³-hybridized carbons (Fsp3) is 0.267. The van der Waals surface area contributed by atoms with Crippen molar-refractivity contribution < 1.29 is 8.42 Å². The number of hydrogen-bond acceptors (Lipinski definition) is 3. The molecule has 0 amide bonds. The number of nitrogens with one attached hydrogen (secondary N) is 1. The van der Waals surface area contributed by atoms with E-state index in [-0.39, 0.29) is 16.4 Å². The third-order valence-corrected chi connectivity index (χ3v) is 5.42. The maximum atomic E-state index is 12.5. The van der Waals surface area contributed by atoms with E-state index in [4.69, 9.17) is 18.0 Å². The maximum Gasteiger partial charge on any atom is 0.241 e. The van der Waals surface area contributed by atoms with E-state index in [0.29, 0.717) is 5.39 Å². The van der Waals surface area contributed by atoms with Crippen molar-refractivity contribution in [3.63, 3.8) is 0 Å². The molecule has 2 rings (SSSR count). The average molecular weight is 322 g/mol. The van der Waals surface area contributed by atoms with Crippen LogP contribution in [-0.2, 0) is 10.0 Å². The van der Waals surface area contributed by atoms with Crippen LogP contribution in [0.3, 0.4) is 0 Å². The van der Waals surface area contributed by atoms with Gasteiger partial charge in [-0.15, -0.1) is 0 Å². The minimum atomic E-state index is -3.62. The molecule has 0 aromatic heterocycles. The van der Waals surface area contributed by atoms with E-state index in [9.17, 15) is 8.42 Å². The van der Waals surface area contributed by atoms with Gasteiger partial charge in [-0.05, 0) is 11.5 Å². The zero-order valence-electron chi connectivity index (χ0n) is 12.0. The zero-order valence-corrected chi connectivity index (χ0v) is 13.6. The lowest BCUT2D eigenvalue weighted by molar-refractivity contribution is 0.502. The number of rotatable bonds is 5. The number of thiocarbonyl (C=S) groups is 1. The predicted octanol–water partition coefficient (Wildman–Crippen LogP) is 2.43. The zero-order chi connectivity index (χ0) is 15.7. The fourth-order valence-electron chi connectivity index (χ4n) is 1.87. The molecule has 0 aliphatic carbocycles. The van der Waals surface area contributed by atoms with Gasteiger partial charge in [0.15, 0.2) is 0 Å². The first-order valence-electron chi connectivity index (χ1n) is 6.51. The van der Waals surface area contributed by atoms with Gasteiger partial charge in [-0.3, -0.25) is 0 Å². The molecule has 21 heavy (non-hydrogen) atoms. The first kappa shape index (κ1) is 15.9. The number of sulfonamides is 1. The second kappa shape index (κ2) is 5.71. The van der Waals surface area contributed by atoms with Crippen molar-refractivity contribution in [2.45, 2.75) is 18.7 Å². The van der Waals surface area contributed by atoms with Crippen LogP contribution in [0, 0.1) is 5.41 Å². The Balaban J connectivity index is 2.37. The number of hydrogen-bond donors (Lipinski definition) is 2. The lowest BCUT2D eigenvalue weighted by atomic mass is 9.94. The van der Waals surface area contributed by atoms with Gasteiger partial charge >= 0.3 is 0 Å². The highest BCUT2D eigenvalue weighted by molar-refractivity contribution is 7.89. The van der Waals surface area contributed by atoms with Gasteiger partial charge in [0.1, 0.15) is 0 Å². The molecule has 0 saturated carbocycles. The van der Waals surface area contributed by atoms with Crippen LogP contribution in [0.15, 0.2) is 47.4 Å². The van der Waals surface area contributed by atoms with Crippen LogP contribution >= 0.6 is 12.2 Å². The molecule has 0 fully saturated rings. The Morgan fingerprint density at radius 2 is 1.81 bits per heavy atom. The molecule has 0 radical (unpaired) electrons. The highest BCUT2D eigenvalue weighted by Crippen LogP contribution is 2.23. The number of fused-ring (bicyclic) bond motifs is 1. The van der Waals surface area contributed by atoms with E-state index >= 15 is 0 Å². The molecule has 0 heterocycles. The van der Waals surface area contributed by atoms with Gasteiger partial charge in [-0.2, -0.15) is 0 Å². The molecule has 6 heteroatoms. The Labute approximate surface area is 130 Å². The Hall–Kier alpha value is -1.50. The van der Waals surface area contributed by atoms with E-state index in [1.807, 2.05) is 24.3 Å². The van der Waals surface area contributed by atoms with Crippen LogP contribution in [0.2, 0.25) is 0 Å². The molecule has 4 nitrogen and oxygen atoms in total. The van der Waals surface area contributed by atoms with Gasteiger partial charge in [-0.25, -0.2) is 13.1 Å². The lowest BCUT2D eigenvalue weighted by Gasteiger charge is -2.23. The topological polar surface area (TPSA) is 72.2 Å². The number of nitrogens with two attached hydrogens (primary N) is 1. The highest BCUT2D eigenvalue weighted by Gasteiger charge is 2.25. The number of benzene rings is 2. The summed E-state index contributed by atoms with van der Waals surface area (Å²) < 4.78 is 27.6. The van der Waals surface area contributed by atoms with Crippen LogP contribution < -0.4 is 10.5 Å². The molecule has 0 aliphatic heterocycles. The quantitative estimate of drug-likeness (QED) is 0.829. The highest BCUT2D eigenvalue weighted by atomic mass is 32.2.